The highest BCUT2D eigenvalue weighted by molar-refractivity contribution is 5.91. The Morgan fingerprint density at radius 2 is 1.85 bits per heavy atom. The van der Waals surface area contributed by atoms with Gasteiger partial charge in [-0.1, -0.05) is 12.5 Å². The van der Waals surface area contributed by atoms with Crippen molar-refractivity contribution in [2.75, 3.05) is 0 Å². The lowest BCUT2D eigenvalue weighted by Crippen LogP contribution is -2.56. The molecule has 0 radical (unpaired) electrons. The van der Waals surface area contributed by atoms with Gasteiger partial charge in [-0.25, -0.2) is 0 Å². The Morgan fingerprint density at radius 1 is 1.00 bits per heavy atom. The Kier molecular flexibility index (Phi) is 2.65. The van der Waals surface area contributed by atoms with E-state index in [1.807, 2.05) is 0 Å². The number of carbonyl (C=O) groups is 2. The number of allylic oxidation sites excluding steroid dienone is 1. The van der Waals surface area contributed by atoms with Crippen LogP contribution in [0.15, 0.2) is 11.6 Å². The molecule has 7 aliphatic rings. The van der Waals surface area contributed by atoms with Gasteiger partial charge in [0.1, 0.15) is 5.60 Å². The summed E-state index contributed by atoms with van der Waals surface area (Å²) in [5, 5.41) is 0. The molecular weight excluding hydrogens is 336 g/mol. The molecule has 1 heterocycles. The number of hydrogen-bond donors (Lipinski definition) is 0. The van der Waals surface area contributed by atoms with Crippen LogP contribution in [0.25, 0.3) is 0 Å². The van der Waals surface area contributed by atoms with Gasteiger partial charge in [-0.3, -0.25) is 9.59 Å². The van der Waals surface area contributed by atoms with Crippen molar-refractivity contribution >= 4 is 11.8 Å². The van der Waals surface area contributed by atoms with E-state index in [0.717, 1.165) is 42.9 Å². The summed E-state index contributed by atoms with van der Waals surface area (Å²) in [6.07, 6.45) is 13.3. The quantitative estimate of drug-likeness (QED) is 0.595. The van der Waals surface area contributed by atoms with Crippen molar-refractivity contribution < 1.29 is 14.3 Å². The summed E-state index contributed by atoms with van der Waals surface area (Å²) >= 11 is 0. The van der Waals surface area contributed by atoms with Gasteiger partial charge in [0.25, 0.3) is 0 Å². The first-order valence-electron chi connectivity index (χ1n) is 11.4. The zero-order chi connectivity index (χ0) is 18.2. The first-order valence-corrected chi connectivity index (χ1v) is 11.4. The maximum absolute atomic E-state index is 12.2. The van der Waals surface area contributed by atoms with Gasteiger partial charge < -0.3 is 4.74 Å². The molecule has 5 unspecified atom stereocenters. The fraction of sp³-hybridized carbons (Fsp3) is 0.833. The van der Waals surface area contributed by atoms with Crippen LogP contribution in [-0.4, -0.2) is 17.4 Å². The van der Waals surface area contributed by atoms with Crippen LogP contribution < -0.4 is 0 Å². The van der Waals surface area contributed by atoms with Crippen molar-refractivity contribution in [3.63, 3.8) is 0 Å². The van der Waals surface area contributed by atoms with Crippen molar-refractivity contribution in [3.05, 3.63) is 11.6 Å². The molecule has 3 nitrogen and oxygen atoms in total. The number of ketones is 1. The van der Waals surface area contributed by atoms with Crippen LogP contribution >= 0.6 is 0 Å². The summed E-state index contributed by atoms with van der Waals surface area (Å²) in [4.78, 5) is 24.3. The molecule has 0 N–H and O–H groups in total. The third-order valence-corrected chi connectivity index (χ3v) is 10.6. The SMILES string of the molecule is C[C@]12CCC3C4CCC(=O)C=C4C4(CC4)CC3C1C1C[C@H]1[C@@]21CCC(=O)O1. The maximum atomic E-state index is 12.2. The van der Waals surface area contributed by atoms with E-state index in [9.17, 15) is 9.59 Å². The van der Waals surface area contributed by atoms with Crippen LogP contribution in [0.5, 0.6) is 0 Å². The molecule has 0 bridgehead atoms. The highest BCUT2D eigenvalue weighted by atomic mass is 16.6. The summed E-state index contributed by atoms with van der Waals surface area (Å²) in [5.74, 6) is 4.90. The van der Waals surface area contributed by atoms with Crippen LogP contribution in [-0.2, 0) is 14.3 Å². The zero-order valence-corrected chi connectivity index (χ0v) is 16.3. The lowest BCUT2D eigenvalue weighted by Gasteiger charge is -2.58. The minimum absolute atomic E-state index is 0.0583. The van der Waals surface area contributed by atoms with E-state index in [0.29, 0.717) is 29.5 Å². The number of esters is 1. The van der Waals surface area contributed by atoms with E-state index in [2.05, 4.69) is 13.0 Å². The molecule has 2 spiro atoms. The molecule has 1 aliphatic heterocycles. The number of fused-ring (bicyclic) bond motifs is 10. The molecule has 3 heteroatoms. The van der Waals surface area contributed by atoms with Crippen LogP contribution in [0.3, 0.4) is 0 Å². The first kappa shape index (κ1) is 15.8. The minimum Gasteiger partial charge on any atom is -0.458 e. The Labute approximate surface area is 161 Å². The maximum Gasteiger partial charge on any atom is 0.306 e. The van der Waals surface area contributed by atoms with Crippen molar-refractivity contribution in [2.24, 2.45) is 46.3 Å². The largest absolute Gasteiger partial charge is 0.458 e. The van der Waals surface area contributed by atoms with Crippen molar-refractivity contribution in [3.8, 4) is 0 Å². The second-order valence-electron chi connectivity index (χ2n) is 11.4. The summed E-state index contributed by atoms with van der Waals surface area (Å²) in [7, 11) is 0. The van der Waals surface area contributed by atoms with Gasteiger partial charge in [0.2, 0.25) is 0 Å². The fourth-order valence-electron chi connectivity index (χ4n) is 9.48. The standard InChI is InChI=1S/C24H30O3/c1-22-6-4-14-15-3-2-13(25)10-18(15)23(8-9-23)12-17(14)21(22)16-11-19(16)24(22)7-5-20(26)27-24/h10,14-17,19,21H,2-9,11-12H2,1H3/t14?,15?,16?,17?,19-,21?,22+,24+/m1/s1. The third-order valence-electron chi connectivity index (χ3n) is 10.6. The smallest absolute Gasteiger partial charge is 0.306 e. The molecule has 0 aromatic carbocycles. The molecule has 8 atom stereocenters. The molecule has 6 aliphatic carbocycles. The number of carbonyl (C=O) groups excluding carboxylic acids is 2. The monoisotopic (exact) mass is 366 g/mol. The molecule has 0 amide bonds. The Hall–Kier alpha value is -1.12. The molecule has 0 aromatic heterocycles. The lowest BCUT2D eigenvalue weighted by molar-refractivity contribution is -0.175. The molecule has 5 saturated carbocycles. The van der Waals surface area contributed by atoms with E-state index in [1.165, 1.54) is 38.5 Å². The predicted octanol–water partition coefficient (Wildman–Crippen LogP) is 4.45. The van der Waals surface area contributed by atoms with Crippen molar-refractivity contribution in [2.45, 2.75) is 76.7 Å². The molecule has 1 saturated heterocycles. The van der Waals surface area contributed by atoms with E-state index in [4.69, 9.17) is 4.74 Å². The summed E-state index contributed by atoms with van der Waals surface area (Å²) in [6.45, 7) is 2.49. The molecule has 6 fully saturated rings. The van der Waals surface area contributed by atoms with Crippen LogP contribution in [0.2, 0.25) is 0 Å². The lowest BCUT2D eigenvalue weighted by atomic mass is 9.47. The topological polar surface area (TPSA) is 43.4 Å². The van der Waals surface area contributed by atoms with E-state index in [1.54, 1.807) is 5.57 Å². The average Bonchev–Trinajstić information content (AvgIpc) is 3.54. The molecule has 0 aromatic rings. The second kappa shape index (κ2) is 4.54. The van der Waals surface area contributed by atoms with E-state index >= 15 is 0 Å². The first-order chi connectivity index (χ1) is 13.0. The number of ether oxygens (including phenoxy) is 1. The van der Waals surface area contributed by atoms with Gasteiger partial charge in [0.15, 0.2) is 5.78 Å². The number of hydrogen-bond acceptors (Lipinski definition) is 3. The second-order valence-corrected chi connectivity index (χ2v) is 11.4. The van der Waals surface area contributed by atoms with Crippen molar-refractivity contribution in [1.29, 1.82) is 0 Å². The van der Waals surface area contributed by atoms with Crippen LogP contribution in [0.4, 0.5) is 0 Å². The van der Waals surface area contributed by atoms with E-state index in [-0.39, 0.29) is 17.0 Å². The minimum atomic E-state index is -0.125. The number of rotatable bonds is 0. The van der Waals surface area contributed by atoms with Gasteiger partial charge in [0, 0.05) is 24.2 Å². The fourth-order valence-corrected chi connectivity index (χ4v) is 9.48. The van der Waals surface area contributed by atoms with Gasteiger partial charge in [-0.05, 0) is 92.4 Å². The highest BCUT2D eigenvalue weighted by Crippen LogP contribution is 2.80. The van der Waals surface area contributed by atoms with Gasteiger partial charge in [-0.2, -0.15) is 0 Å². The molecule has 144 valence electrons. The normalized spacial score (nSPS) is 56.1. The zero-order valence-electron chi connectivity index (χ0n) is 16.3. The van der Waals surface area contributed by atoms with Gasteiger partial charge >= 0.3 is 5.97 Å². The summed E-state index contributed by atoms with van der Waals surface area (Å²) < 4.78 is 6.21. The molecule has 27 heavy (non-hydrogen) atoms. The highest BCUT2D eigenvalue weighted by Gasteiger charge is 2.79. The summed E-state index contributed by atoms with van der Waals surface area (Å²) in [6, 6.07) is 0. The summed E-state index contributed by atoms with van der Waals surface area (Å²) in [5.41, 5.74) is 2.03. The average molecular weight is 367 g/mol. The Balaban J connectivity index is 1.31. The molecule has 7 rings (SSSR count). The third kappa shape index (κ3) is 1.69. The Morgan fingerprint density at radius 3 is 2.59 bits per heavy atom. The van der Waals surface area contributed by atoms with E-state index < -0.39 is 0 Å². The van der Waals surface area contributed by atoms with Crippen LogP contribution in [0, 0.1) is 46.3 Å². The van der Waals surface area contributed by atoms with Gasteiger partial charge in [0.05, 0.1) is 0 Å². The predicted molar refractivity (Wildman–Crippen MR) is 99.6 cm³/mol. The Bertz CT molecular complexity index is 806. The van der Waals surface area contributed by atoms with Gasteiger partial charge in [-0.15, -0.1) is 0 Å². The molecular formula is C24H30O3. The van der Waals surface area contributed by atoms with Crippen molar-refractivity contribution in [1.82, 2.24) is 0 Å². The van der Waals surface area contributed by atoms with Crippen LogP contribution in [0.1, 0.15) is 71.1 Å².